The van der Waals surface area contributed by atoms with Crippen LogP contribution < -0.4 is 0 Å². The van der Waals surface area contributed by atoms with Crippen LogP contribution in [0, 0.1) is 28.6 Å². The highest BCUT2D eigenvalue weighted by Crippen LogP contribution is 2.59. The predicted molar refractivity (Wildman–Crippen MR) is 132 cm³/mol. The first-order valence-corrected chi connectivity index (χ1v) is 12.6. The lowest BCUT2D eigenvalue weighted by Gasteiger charge is -2.44. The SMILES string of the molecule is C=C1/C(=C\C=C2/CCC[C@]3(C)[C@@H]([C@H](C)C/C=C/C(=O)C(C)(C)C)CC[C@@H]23)C[C@H](O)C[C@H]1O. The summed E-state index contributed by atoms with van der Waals surface area (Å²) in [5.74, 6) is 2.05. The van der Waals surface area contributed by atoms with Crippen molar-refractivity contribution in [1.29, 1.82) is 0 Å². The van der Waals surface area contributed by atoms with Gasteiger partial charge in [0.25, 0.3) is 0 Å². The molecule has 0 aromatic heterocycles. The van der Waals surface area contributed by atoms with Crippen molar-refractivity contribution in [1.82, 2.24) is 0 Å². The summed E-state index contributed by atoms with van der Waals surface area (Å²) in [6, 6.07) is 0. The standard InChI is InChI=1S/C29H44O3/c1-19(9-7-11-27(32)28(3,4)5)24-14-15-25-21(10-8-16-29(24,25)6)12-13-22-17-23(30)18-26(31)20(22)2/h7,11-13,19,23-26,30-31H,2,8-10,14-18H2,1,3-6H3/b11-7+,21-12+,22-13-/t19-,23+,24-,25+,26-,29-/m1/s1. The van der Waals surface area contributed by atoms with Crippen molar-refractivity contribution in [3.8, 4) is 0 Å². The molecule has 3 aliphatic rings. The number of carbonyl (C=O) groups is 1. The van der Waals surface area contributed by atoms with Crippen LogP contribution in [0.5, 0.6) is 0 Å². The highest BCUT2D eigenvalue weighted by molar-refractivity contribution is 5.93. The molecule has 3 fully saturated rings. The summed E-state index contributed by atoms with van der Waals surface area (Å²) in [7, 11) is 0. The van der Waals surface area contributed by atoms with E-state index in [0.29, 0.717) is 36.0 Å². The van der Waals surface area contributed by atoms with E-state index in [2.05, 4.69) is 38.7 Å². The van der Waals surface area contributed by atoms with Gasteiger partial charge in [0.15, 0.2) is 5.78 Å². The average Bonchev–Trinajstić information content (AvgIpc) is 3.06. The van der Waals surface area contributed by atoms with Crippen molar-refractivity contribution in [2.45, 2.75) is 98.2 Å². The predicted octanol–water partition coefficient (Wildman–Crippen LogP) is 6.33. The summed E-state index contributed by atoms with van der Waals surface area (Å²) in [6.07, 6.45) is 15.2. The molecule has 0 amide bonds. The zero-order valence-electron chi connectivity index (χ0n) is 20.9. The molecule has 0 radical (unpaired) electrons. The van der Waals surface area contributed by atoms with Crippen LogP contribution in [0.1, 0.15) is 86.0 Å². The van der Waals surface area contributed by atoms with Gasteiger partial charge in [-0.05, 0) is 85.3 Å². The van der Waals surface area contributed by atoms with Gasteiger partial charge in [0, 0.05) is 11.8 Å². The molecule has 2 N–H and O–H groups in total. The molecule has 3 saturated carbocycles. The molecule has 0 heterocycles. The second kappa shape index (κ2) is 9.81. The van der Waals surface area contributed by atoms with Gasteiger partial charge in [0.1, 0.15) is 0 Å². The van der Waals surface area contributed by atoms with Crippen molar-refractivity contribution in [2.24, 2.45) is 28.6 Å². The smallest absolute Gasteiger partial charge is 0.160 e. The first-order valence-electron chi connectivity index (χ1n) is 12.6. The second-order valence-corrected chi connectivity index (χ2v) is 11.9. The fraction of sp³-hybridized carbons (Fsp3) is 0.690. The second-order valence-electron chi connectivity index (χ2n) is 11.9. The number of hydrogen-bond donors (Lipinski definition) is 2. The molecule has 32 heavy (non-hydrogen) atoms. The first-order chi connectivity index (χ1) is 14.9. The van der Waals surface area contributed by atoms with Gasteiger partial charge in [0.2, 0.25) is 0 Å². The third-order valence-electron chi connectivity index (χ3n) is 8.51. The fourth-order valence-electron chi connectivity index (χ4n) is 6.48. The van der Waals surface area contributed by atoms with Gasteiger partial charge in [0.05, 0.1) is 12.2 Å². The molecule has 0 aromatic carbocycles. The molecule has 178 valence electrons. The van der Waals surface area contributed by atoms with Gasteiger partial charge in [-0.2, -0.15) is 0 Å². The number of ketones is 1. The number of fused-ring (bicyclic) bond motifs is 1. The van der Waals surface area contributed by atoms with E-state index in [1.807, 2.05) is 20.8 Å². The minimum Gasteiger partial charge on any atom is -0.393 e. The zero-order valence-corrected chi connectivity index (χ0v) is 20.9. The van der Waals surface area contributed by atoms with Crippen LogP contribution >= 0.6 is 0 Å². The van der Waals surface area contributed by atoms with E-state index in [1.165, 1.54) is 31.3 Å². The van der Waals surface area contributed by atoms with E-state index in [0.717, 1.165) is 24.0 Å². The number of allylic oxidation sites excluding steroid dienone is 5. The van der Waals surface area contributed by atoms with Crippen LogP contribution in [-0.2, 0) is 4.79 Å². The van der Waals surface area contributed by atoms with E-state index in [4.69, 9.17) is 0 Å². The lowest BCUT2D eigenvalue weighted by atomic mass is 9.61. The molecule has 3 nitrogen and oxygen atoms in total. The Bertz CT molecular complexity index is 809. The van der Waals surface area contributed by atoms with Crippen molar-refractivity contribution in [2.75, 3.05) is 0 Å². The maximum atomic E-state index is 12.2. The van der Waals surface area contributed by atoms with Gasteiger partial charge in [-0.3, -0.25) is 4.79 Å². The minimum absolute atomic E-state index is 0.204. The Labute approximate surface area is 195 Å². The van der Waals surface area contributed by atoms with Crippen LogP contribution in [0.4, 0.5) is 0 Å². The van der Waals surface area contributed by atoms with Gasteiger partial charge in [-0.15, -0.1) is 0 Å². The topological polar surface area (TPSA) is 57.5 Å². The molecule has 0 bridgehead atoms. The monoisotopic (exact) mass is 440 g/mol. The van der Waals surface area contributed by atoms with Gasteiger partial charge >= 0.3 is 0 Å². The highest BCUT2D eigenvalue weighted by Gasteiger charge is 2.50. The maximum absolute atomic E-state index is 12.2. The number of rotatable bonds is 5. The Morgan fingerprint density at radius 1 is 1.25 bits per heavy atom. The molecular formula is C29H44O3. The van der Waals surface area contributed by atoms with Crippen molar-refractivity contribution in [3.63, 3.8) is 0 Å². The van der Waals surface area contributed by atoms with E-state index in [-0.39, 0.29) is 11.2 Å². The Kier molecular flexibility index (Phi) is 7.72. The van der Waals surface area contributed by atoms with Crippen LogP contribution in [0.2, 0.25) is 0 Å². The highest BCUT2D eigenvalue weighted by atomic mass is 16.3. The molecule has 0 unspecified atom stereocenters. The molecule has 6 atom stereocenters. The first kappa shape index (κ1) is 25.2. The molecular weight excluding hydrogens is 396 g/mol. The summed E-state index contributed by atoms with van der Waals surface area (Å²) >= 11 is 0. The Hall–Kier alpha value is -1.45. The number of aliphatic hydroxyl groups is 2. The minimum atomic E-state index is -0.630. The van der Waals surface area contributed by atoms with Crippen molar-refractivity contribution < 1.29 is 15.0 Å². The third-order valence-corrected chi connectivity index (χ3v) is 8.51. The Balaban J connectivity index is 1.71. The number of carbonyl (C=O) groups excluding carboxylic acids is 1. The van der Waals surface area contributed by atoms with Crippen LogP contribution in [0.3, 0.4) is 0 Å². The molecule has 0 saturated heterocycles. The largest absolute Gasteiger partial charge is 0.393 e. The maximum Gasteiger partial charge on any atom is 0.160 e. The normalized spacial score (nSPS) is 37.3. The molecule has 3 heteroatoms. The lowest BCUT2D eigenvalue weighted by molar-refractivity contribution is -0.121. The van der Waals surface area contributed by atoms with Crippen LogP contribution in [0.25, 0.3) is 0 Å². The van der Waals surface area contributed by atoms with E-state index < -0.39 is 12.2 Å². The number of hydrogen-bond acceptors (Lipinski definition) is 3. The summed E-state index contributed by atoms with van der Waals surface area (Å²) in [6.45, 7) is 14.8. The van der Waals surface area contributed by atoms with Gasteiger partial charge in [-0.1, -0.05) is 65.0 Å². The van der Waals surface area contributed by atoms with Gasteiger partial charge in [-0.25, -0.2) is 0 Å². The Morgan fingerprint density at radius 3 is 2.66 bits per heavy atom. The molecule has 3 aliphatic carbocycles. The molecule has 0 spiro atoms. The fourth-order valence-corrected chi connectivity index (χ4v) is 6.48. The van der Waals surface area contributed by atoms with Crippen LogP contribution in [0.15, 0.2) is 47.6 Å². The zero-order chi connectivity index (χ0) is 23.7. The van der Waals surface area contributed by atoms with E-state index in [9.17, 15) is 15.0 Å². The van der Waals surface area contributed by atoms with Crippen LogP contribution in [-0.4, -0.2) is 28.2 Å². The number of aliphatic hydroxyl groups excluding tert-OH is 2. The quantitative estimate of drug-likeness (QED) is 0.491. The Morgan fingerprint density at radius 2 is 1.97 bits per heavy atom. The summed E-state index contributed by atoms with van der Waals surface area (Å²) in [5, 5.41) is 20.2. The van der Waals surface area contributed by atoms with Crippen molar-refractivity contribution >= 4 is 5.78 Å². The van der Waals surface area contributed by atoms with Crippen molar-refractivity contribution in [3.05, 3.63) is 47.6 Å². The molecule has 0 aromatic rings. The van der Waals surface area contributed by atoms with E-state index >= 15 is 0 Å². The average molecular weight is 441 g/mol. The molecule has 3 rings (SSSR count). The third kappa shape index (κ3) is 5.37. The summed E-state index contributed by atoms with van der Waals surface area (Å²) in [4.78, 5) is 12.2. The molecule has 0 aliphatic heterocycles. The van der Waals surface area contributed by atoms with E-state index in [1.54, 1.807) is 6.08 Å². The lowest BCUT2D eigenvalue weighted by Crippen LogP contribution is -2.35. The van der Waals surface area contributed by atoms with Gasteiger partial charge < -0.3 is 10.2 Å². The summed E-state index contributed by atoms with van der Waals surface area (Å²) in [5.41, 5.74) is 3.29. The summed E-state index contributed by atoms with van der Waals surface area (Å²) < 4.78 is 0.